The molecule has 1 heterocycles. The van der Waals surface area contributed by atoms with Crippen LogP contribution in [0.5, 0.6) is 0 Å². The Morgan fingerprint density at radius 1 is 1.16 bits per heavy atom. The minimum absolute atomic E-state index is 0.108. The van der Waals surface area contributed by atoms with Gasteiger partial charge in [-0.05, 0) is 28.5 Å². The largest absolute Gasteiger partial charge is 0.373 e. The van der Waals surface area contributed by atoms with Crippen molar-refractivity contribution in [2.45, 2.75) is 46.0 Å². The van der Waals surface area contributed by atoms with Crippen LogP contribution in [0.4, 0.5) is 5.82 Å². The number of para-hydroxylation sites is 1. The van der Waals surface area contributed by atoms with E-state index < -0.39 is 0 Å². The van der Waals surface area contributed by atoms with Crippen LogP contribution in [-0.4, -0.2) is 12.0 Å². The lowest BCUT2D eigenvalue weighted by molar-refractivity contribution is 0.594. The second kappa shape index (κ2) is 4.84. The highest BCUT2D eigenvalue weighted by atomic mass is 15.0. The van der Waals surface area contributed by atoms with Gasteiger partial charge in [-0.3, -0.25) is 0 Å². The number of aromatic nitrogens is 1. The highest BCUT2D eigenvalue weighted by Crippen LogP contribution is 2.32. The van der Waals surface area contributed by atoms with Crippen LogP contribution in [0.1, 0.15) is 51.7 Å². The van der Waals surface area contributed by atoms with E-state index in [-0.39, 0.29) is 5.41 Å². The maximum Gasteiger partial charge on any atom is 0.129 e. The zero-order valence-electron chi connectivity index (χ0n) is 12.8. The molecule has 0 spiro atoms. The molecule has 1 aromatic carbocycles. The van der Waals surface area contributed by atoms with E-state index in [1.165, 1.54) is 16.5 Å². The summed E-state index contributed by atoms with van der Waals surface area (Å²) in [4.78, 5) is 4.87. The van der Waals surface area contributed by atoms with Crippen molar-refractivity contribution in [3.8, 4) is 0 Å². The van der Waals surface area contributed by atoms with Crippen molar-refractivity contribution in [3.05, 3.63) is 35.4 Å². The molecule has 1 N–H and O–H groups in total. The molecule has 0 aliphatic rings. The van der Waals surface area contributed by atoms with E-state index in [9.17, 15) is 0 Å². The fourth-order valence-electron chi connectivity index (χ4n) is 2.46. The molecule has 1 aromatic heterocycles. The zero-order chi connectivity index (χ0) is 14.2. The van der Waals surface area contributed by atoms with Crippen LogP contribution in [0, 0.1) is 0 Å². The van der Waals surface area contributed by atoms with Crippen molar-refractivity contribution in [1.82, 2.24) is 4.98 Å². The monoisotopic (exact) mass is 256 g/mol. The van der Waals surface area contributed by atoms with Gasteiger partial charge in [-0.1, -0.05) is 52.8 Å². The molecule has 0 aliphatic carbocycles. The highest BCUT2D eigenvalue weighted by Gasteiger charge is 2.19. The van der Waals surface area contributed by atoms with E-state index in [4.69, 9.17) is 4.98 Å². The predicted molar refractivity (Wildman–Crippen MR) is 84.1 cm³/mol. The smallest absolute Gasteiger partial charge is 0.129 e. The van der Waals surface area contributed by atoms with Gasteiger partial charge in [0.25, 0.3) is 0 Å². The molecule has 2 rings (SSSR count). The molecule has 0 unspecified atom stereocenters. The summed E-state index contributed by atoms with van der Waals surface area (Å²) in [6, 6.07) is 8.74. The third-order valence-corrected chi connectivity index (χ3v) is 3.54. The van der Waals surface area contributed by atoms with Crippen molar-refractivity contribution < 1.29 is 0 Å². The molecule has 0 radical (unpaired) electrons. The average Bonchev–Trinajstić information content (AvgIpc) is 2.35. The summed E-state index contributed by atoms with van der Waals surface area (Å²) in [6.45, 7) is 11.1. The summed E-state index contributed by atoms with van der Waals surface area (Å²) in [5.74, 6) is 1.47. The molecule has 2 nitrogen and oxygen atoms in total. The molecular weight excluding hydrogens is 232 g/mol. The fourth-order valence-corrected chi connectivity index (χ4v) is 2.46. The first-order valence-electron chi connectivity index (χ1n) is 6.96. The van der Waals surface area contributed by atoms with E-state index in [0.717, 1.165) is 11.3 Å². The Hall–Kier alpha value is -1.57. The third-order valence-electron chi connectivity index (χ3n) is 3.54. The third kappa shape index (κ3) is 2.58. The molecule has 2 heteroatoms. The van der Waals surface area contributed by atoms with Gasteiger partial charge in [0.1, 0.15) is 5.82 Å². The average molecular weight is 256 g/mol. The van der Waals surface area contributed by atoms with Gasteiger partial charge in [-0.15, -0.1) is 0 Å². The van der Waals surface area contributed by atoms with Gasteiger partial charge in [0.05, 0.1) is 5.52 Å². The minimum atomic E-state index is 0.108. The van der Waals surface area contributed by atoms with E-state index in [2.05, 4.69) is 64.2 Å². The van der Waals surface area contributed by atoms with Crippen LogP contribution < -0.4 is 5.32 Å². The van der Waals surface area contributed by atoms with E-state index in [1.54, 1.807) is 0 Å². The first-order valence-corrected chi connectivity index (χ1v) is 6.96. The van der Waals surface area contributed by atoms with Gasteiger partial charge in [-0.2, -0.15) is 0 Å². The Morgan fingerprint density at radius 2 is 1.84 bits per heavy atom. The summed E-state index contributed by atoms with van der Waals surface area (Å²) < 4.78 is 0. The van der Waals surface area contributed by atoms with Gasteiger partial charge in [0.15, 0.2) is 0 Å². The highest BCUT2D eigenvalue weighted by molar-refractivity contribution is 5.85. The standard InChI is InChI=1S/C17H24N2/c1-11(2)13-10-12-8-7-9-14(17(3,4)5)15(12)19-16(13)18-6/h7-11H,1-6H3,(H,18,19). The number of hydrogen-bond donors (Lipinski definition) is 1. The van der Waals surface area contributed by atoms with Crippen LogP contribution in [0.3, 0.4) is 0 Å². The Kier molecular flexibility index (Phi) is 3.53. The van der Waals surface area contributed by atoms with Crippen LogP contribution in [0.2, 0.25) is 0 Å². The molecule has 0 bridgehead atoms. The lowest BCUT2D eigenvalue weighted by Gasteiger charge is -2.22. The summed E-state index contributed by atoms with van der Waals surface area (Å²) in [6.07, 6.45) is 0. The molecule has 0 saturated carbocycles. The maximum absolute atomic E-state index is 4.87. The number of fused-ring (bicyclic) bond motifs is 1. The van der Waals surface area contributed by atoms with Crippen LogP contribution >= 0.6 is 0 Å². The second-order valence-corrected chi connectivity index (χ2v) is 6.46. The SMILES string of the molecule is CNc1nc2c(C(C)(C)C)cccc2cc1C(C)C. The number of hydrogen-bond acceptors (Lipinski definition) is 2. The first-order chi connectivity index (χ1) is 8.84. The number of pyridine rings is 1. The topological polar surface area (TPSA) is 24.9 Å². The molecule has 102 valence electrons. The van der Waals surface area contributed by atoms with Gasteiger partial charge in [-0.25, -0.2) is 4.98 Å². The van der Waals surface area contributed by atoms with Crippen LogP contribution in [0.25, 0.3) is 10.9 Å². The van der Waals surface area contributed by atoms with Crippen molar-refractivity contribution >= 4 is 16.7 Å². The Bertz CT molecular complexity index is 592. The first kappa shape index (κ1) is 13.9. The Labute approximate surface area is 116 Å². The van der Waals surface area contributed by atoms with E-state index in [1.807, 2.05) is 7.05 Å². The van der Waals surface area contributed by atoms with Crippen molar-refractivity contribution in [3.63, 3.8) is 0 Å². The van der Waals surface area contributed by atoms with Crippen molar-refractivity contribution in [2.24, 2.45) is 0 Å². The Balaban J connectivity index is 2.78. The molecule has 0 fully saturated rings. The molecule has 0 aliphatic heterocycles. The molecule has 0 atom stereocenters. The zero-order valence-corrected chi connectivity index (χ0v) is 12.8. The summed E-state index contributed by atoms with van der Waals surface area (Å²) in [7, 11) is 1.94. The fraction of sp³-hybridized carbons (Fsp3) is 0.471. The lowest BCUT2D eigenvalue weighted by atomic mass is 9.85. The molecule has 2 aromatic rings. The van der Waals surface area contributed by atoms with Gasteiger partial charge >= 0.3 is 0 Å². The molecule has 0 saturated heterocycles. The van der Waals surface area contributed by atoms with E-state index in [0.29, 0.717) is 5.92 Å². The maximum atomic E-state index is 4.87. The number of rotatable bonds is 2. The number of nitrogens with zero attached hydrogens (tertiary/aromatic N) is 1. The number of anilines is 1. The van der Waals surface area contributed by atoms with Gasteiger partial charge in [0, 0.05) is 12.4 Å². The quantitative estimate of drug-likeness (QED) is 0.842. The van der Waals surface area contributed by atoms with Crippen LogP contribution in [0.15, 0.2) is 24.3 Å². The van der Waals surface area contributed by atoms with Gasteiger partial charge < -0.3 is 5.32 Å². The molecular formula is C17H24N2. The molecule has 19 heavy (non-hydrogen) atoms. The normalized spacial score (nSPS) is 12.2. The van der Waals surface area contributed by atoms with Crippen LogP contribution in [-0.2, 0) is 5.41 Å². The second-order valence-electron chi connectivity index (χ2n) is 6.46. The number of nitrogens with one attached hydrogen (secondary N) is 1. The summed E-state index contributed by atoms with van der Waals surface area (Å²) >= 11 is 0. The lowest BCUT2D eigenvalue weighted by Crippen LogP contribution is -2.13. The van der Waals surface area contributed by atoms with Crippen molar-refractivity contribution in [2.75, 3.05) is 12.4 Å². The Morgan fingerprint density at radius 3 is 2.37 bits per heavy atom. The van der Waals surface area contributed by atoms with Crippen molar-refractivity contribution in [1.29, 1.82) is 0 Å². The summed E-state index contributed by atoms with van der Waals surface area (Å²) in [5, 5.41) is 4.47. The minimum Gasteiger partial charge on any atom is -0.373 e. The van der Waals surface area contributed by atoms with Gasteiger partial charge in [0.2, 0.25) is 0 Å². The summed E-state index contributed by atoms with van der Waals surface area (Å²) in [5.41, 5.74) is 3.80. The van der Waals surface area contributed by atoms with E-state index >= 15 is 0 Å². The predicted octanol–water partition coefficient (Wildman–Crippen LogP) is 4.70. The molecule has 0 amide bonds. The number of benzene rings is 1.